The highest BCUT2D eigenvalue weighted by Crippen LogP contribution is 2.36. The van der Waals surface area contributed by atoms with Gasteiger partial charge in [0.15, 0.2) is 0 Å². The van der Waals surface area contributed by atoms with Crippen LogP contribution in [0.4, 0.5) is 26.3 Å². The molecule has 3 nitrogen and oxygen atoms in total. The Morgan fingerprint density at radius 3 is 2.10 bits per heavy atom. The SMILES string of the molecule is O=C(Cc1cc(C(F)(F)F)cc(C(F)(F)F)c1)N1CCNC(c2ccccc2)C1. The summed E-state index contributed by atoms with van der Waals surface area (Å²) in [6.45, 7) is 1.09. The zero-order valence-corrected chi connectivity index (χ0v) is 15.1. The average Bonchev–Trinajstić information content (AvgIpc) is 2.67. The monoisotopic (exact) mass is 416 g/mol. The van der Waals surface area contributed by atoms with Crippen molar-refractivity contribution in [2.75, 3.05) is 19.6 Å². The molecule has 1 unspecified atom stereocenters. The van der Waals surface area contributed by atoms with Crippen molar-refractivity contribution < 1.29 is 31.1 Å². The van der Waals surface area contributed by atoms with Crippen LogP contribution in [0.5, 0.6) is 0 Å². The number of hydrogen-bond donors (Lipinski definition) is 1. The third kappa shape index (κ3) is 5.29. The molecule has 1 aliphatic rings. The third-order valence-electron chi connectivity index (χ3n) is 4.73. The standard InChI is InChI=1S/C20H18F6N2O/c21-19(22,23)15-8-13(9-16(11-15)20(24,25)26)10-18(29)28-7-6-27-17(12-28)14-4-2-1-3-5-14/h1-5,8-9,11,17,27H,6-7,10,12H2. The van der Waals surface area contributed by atoms with Crippen molar-refractivity contribution in [1.82, 2.24) is 10.2 Å². The van der Waals surface area contributed by atoms with Gasteiger partial charge >= 0.3 is 12.4 Å². The van der Waals surface area contributed by atoms with Crippen LogP contribution in [0.25, 0.3) is 0 Å². The lowest BCUT2D eigenvalue weighted by atomic mass is 10.0. The van der Waals surface area contributed by atoms with Crippen LogP contribution in [0.3, 0.4) is 0 Å². The van der Waals surface area contributed by atoms with E-state index in [2.05, 4.69) is 5.32 Å². The summed E-state index contributed by atoms with van der Waals surface area (Å²) in [5, 5.41) is 3.25. The minimum atomic E-state index is -4.94. The molecule has 1 fully saturated rings. The largest absolute Gasteiger partial charge is 0.416 e. The summed E-state index contributed by atoms with van der Waals surface area (Å²) < 4.78 is 78.0. The summed E-state index contributed by atoms with van der Waals surface area (Å²) in [5.74, 6) is -0.514. The summed E-state index contributed by atoms with van der Waals surface area (Å²) >= 11 is 0. The van der Waals surface area contributed by atoms with Crippen molar-refractivity contribution in [1.29, 1.82) is 0 Å². The maximum atomic E-state index is 13.0. The molecule has 1 atom stereocenters. The molecule has 9 heteroatoms. The van der Waals surface area contributed by atoms with Gasteiger partial charge < -0.3 is 10.2 Å². The molecule has 29 heavy (non-hydrogen) atoms. The number of nitrogens with one attached hydrogen (secondary N) is 1. The van der Waals surface area contributed by atoms with E-state index in [1.54, 1.807) is 0 Å². The molecule has 3 rings (SSSR count). The average molecular weight is 416 g/mol. The molecule has 0 aliphatic carbocycles. The number of nitrogens with zero attached hydrogens (tertiary/aromatic N) is 1. The van der Waals surface area contributed by atoms with E-state index >= 15 is 0 Å². The highest BCUT2D eigenvalue weighted by Gasteiger charge is 2.37. The first kappa shape index (κ1) is 21.2. The van der Waals surface area contributed by atoms with Crippen LogP contribution in [0.1, 0.15) is 28.3 Å². The van der Waals surface area contributed by atoms with Gasteiger partial charge in [-0.1, -0.05) is 30.3 Å². The van der Waals surface area contributed by atoms with E-state index in [4.69, 9.17) is 0 Å². The van der Waals surface area contributed by atoms with Crippen molar-refractivity contribution >= 4 is 5.91 Å². The molecule has 0 saturated carbocycles. The Hall–Kier alpha value is -2.55. The Bertz CT molecular complexity index is 831. The van der Waals surface area contributed by atoms with Gasteiger partial charge in [-0.2, -0.15) is 26.3 Å². The zero-order chi connectivity index (χ0) is 21.2. The van der Waals surface area contributed by atoms with Crippen molar-refractivity contribution in [3.8, 4) is 0 Å². The molecule has 1 aliphatic heterocycles. The molecule has 1 heterocycles. The summed E-state index contributed by atoms with van der Waals surface area (Å²) in [5.41, 5.74) is -2.20. The number of halogens is 6. The van der Waals surface area contributed by atoms with Crippen LogP contribution >= 0.6 is 0 Å². The lowest BCUT2D eigenvalue weighted by molar-refractivity contribution is -0.143. The quantitative estimate of drug-likeness (QED) is 0.751. The Kier molecular flexibility index (Phi) is 5.88. The number of rotatable bonds is 3. The Morgan fingerprint density at radius 1 is 0.966 bits per heavy atom. The second-order valence-corrected chi connectivity index (χ2v) is 6.85. The van der Waals surface area contributed by atoms with Gasteiger partial charge in [-0.3, -0.25) is 4.79 Å². The molecule has 1 saturated heterocycles. The van der Waals surface area contributed by atoms with Gasteiger partial charge in [0.05, 0.1) is 17.5 Å². The number of carbonyl (C=O) groups excluding carboxylic acids is 1. The number of piperazine rings is 1. The van der Waals surface area contributed by atoms with Crippen molar-refractivity contribution in [2.45, 2.75) is 24.8 Å². The van der Waals surface area contributed by atoms with E-state index in [-0.39, 0.29) is 24.2 Å². The Labute approximate surface area is 163 Å². The smallest absolute Gasteiger partial charge is 0.339 e. The van der Waals surface area contributed by atoms with E-state index in [1.807, 2.05) is 30.3 Å². The molecule has 0 radical (unpaired) electrons. The van der Waals surface area contributed by atoms with Gasteiger partial charge in [-0.15, -0.1) is 0 Å². The molecule has 0 aromatic heterocycles. The van der Waals surface area contributed by atoms with Crippen LogP contribution in [-0.4, -0.2) is 30.4 Å². The first-order valence-corrected chi connectivity index (χ1v) is 8.88. The number of amides is 1. The predicted molar refractivity (Wildman–Crippen MR) is 93.9 cm³/mol. The molecular formula is C20H18F6N2O. The van der Waals surface area contributed by atoms with Crippen LogP contribution in [0, 0.1) is 0 Å². The second-order valence-electron chi connectivity index (χ2n) is 6.85. The molecule has 156 valence electrons. The van der Waals surface area contributed by atoms with E-state index in [0.717, 1.165) is 5.56 Å². The second kappa shape index (κ2) is 8.06. The van der Waals surface area contributed by atoms with Gasteiger partial charge in [0.25, 0.3) is 0 Å². The van der Waals surface area contributed by atoms with E-state index < -0.39 is 35.8 Å². The normalized spacial score (nSPS) is 18.0. The molecule has 2 aromatic rings. The summed E-state index contributed by atoms with van der Waals surface area (Å²) in [4.78, 5) is 14.1. The molecule has 0 spiro atoms. The van der Waals surface area contributed by atoms with Crippen molar-refractivity contribution in [3.63, 3.8) is 0 Å². The summed E-state index contributed by atoms with van der Waals surface area (Å²) in [7, 11) is 0. The van der Waals surface area contributed by atoms with Gasteiger partial charge in [-0.25, -0.2) is 0 Å². The predicted octanol–water partition coefficient (Wildman–Crippen LogP) is 4.44. The number of alkyl halides is 6. The minimum Gasteiger partial charge on any atom is -0.339 e. The zero-order valence-electron chi connectivity index (χ0n) is 15.1. The number of carbonyl (C=O) groups is 1. The van der Waals surface area contributed by atoms with Crippen LogP contribution in [0.15, 0.2) is 48.5 Å². The third-order valence-corrected chi connectivity index (χ3v) is 4.73. The Balaban J connectivity index is 1.79. The first-order chi connectivity index (χ1) is 13.5. The minimum absolute atomic E-state index is 0.0597. The van der Waals surface area contributed by atoms with Crippen molar-refractivity contribution in [2.24, 2.45) is 0 Å². The molecule has 0 bridgehead atoms. The lowest BCUT2D eigenvalue weighted by Gasteiger charge is -2.34. The number of hydrogen-bond acceptors (Lipinski definition) is 2. The van der Waals surface area contributed by atoms with E-state index in [1.165, 1.54) is 4.90 Å². The highest BCUT2D eigenvalue weighted by molar-refractivity contribution is 5.79. The fraction of sp³-hybridized carbons (Fsp3) is 0.350. The van der Waals surface area contributed by atoms with Gasteiger partial charge in [0.2, 0.25) is 5.91 Å². The van der Waals surface area contributed by atoms with Crippen LogP contribution in [-0.2, 0) is 23.6 Å². The van der Waals surface area contributed by atoms with Gasteiger partial charge in [0.1, 0.15) is 0 Å². The fourth-order valence-corrected chi connectivity index (χ4v) is 3.29. The molecule has 1 N–H and O–H groups in total. The summed E-state index contributed by atoms with van der Waals surface area (Å²) in [6.07, 6.45) is -10.4. The van der Waals surface area contributed by atoms with Crippen LogP contribution < -0.4 is 5.32 Å². The summed E-state index contributed by atoms with van der Waals surface area (Å²) in [6, 6.07) is 10.4. The highest BCUT2D eigenvalue weighted by atomic mass is 19.4. The Morgan fingerprint density at radius 2 is 1.55 bits per heavy atom. The number of benzene rings is 2. The van der Waals surface area contributed by atoms with Crippen molar-refractivity contribution in [3.05, 3.63) is 70.8 Å². The fourth-order valence-electron chi connectivity index (χ4n) is 3.29. The maximum absolute atomic E-state index is 13.0. The van der Waals surface area contributed by atoms with Gasteiger partial charge in [0, 0.05) is 25.7 Å². The van der Waals surface area contributed by atoms with Gasteiger partial charge in [-0.05, 0) is 29.3 Å². The first-order valence-electron chi connectivity index (χ1n) is 8.88. The van der Waals surface area contributed by atoms with E-state index in [0.29, 0.717) is 25.2 Å². The molecule has 2 aromatic carbocycles. The van der Waals surface area contributed by atoms with E-state index in [9.17, 15) is 31.1 Å². The maximum Gasteiger partial charge on any atom is 0.416 e. The molecule has 1 amide bonds. The topological polar surface area (TPSA) is 32.3 Å². The lowest BCUT2D eigenvalue weighted by Crippen LogP contribution is -2.48. The van der Waals surface area contributed by atoms with Crippen LogP contribution in [0.2, 0.25) is 0 Å². The molecular weight excluding hydrogens is 398 g/mol.